The van der Waals surface area contributed by atoms with E-state index in [0.717, 1.165) is 0 Å². The molecule has 7 nitrogen and oxygen atoms in total. The fourth-order valence-electron chi connectivity index (χ4n) is 2.38. The number of amides is 1. The van der Waals surface area contributed by atoms with Crippen molar-refractivity contribution in [2.24, 2.45) is 0 Å². The third-order valence-corrected chi connectivity index (χ3v) is 6.16. The van der Waals surface area contributed by atoms with Crippen LogP contribution in [0.15, 0.2) is 57.8 Å². The summed E-state index contributed by atoms with van der Waals surface area (Å²) in [5, 5.41) is 10.9. The Kier molecular flexibility index (Phi) is 6.33. The van der Waals surface area contributed by atoms with E-state index >= 15 is 0 Å². The first kappa shape index (κ1) is 20.3. The number of nitrogens with one attached hydrogen (secondary N) is 1. The topological polar surface area (TPSA) is 102 Å². The Morgan fingerprint density at radius 3 is 2.46 bits per heavy atom. The van der Waals surface area contributed by atoms with E-state index in [0.29, 0.717) is 15.6 Å². The molecule has 0 aliphatic heterocycles. The highest BCUT2D eigenvalue weighted by molar-refractivity contribution is 7.91. The quantitative estimate of drug-likeness (QED) is 0.590. The molecular formula is C18H15Cl2N3O4S. The minimum Gasteiger partial charge on any atom is -0.403 e. The van der Waals surface area contributed by atoms with Crippen molar-refractivity contribution < 1.29 is 17.6 Å². The molecule has 0 saturated heterocycles. The van der Waals surface area contributed by atoms with E-state index in [1.165, 1.54) is 24.3 Å². The highest BCUT2D eigenvalue weighted by atomic mass is 35.5. The van der Waals surface area contributed by atoms with Gasteiger partial charge in [-0.3, -0.25) is 10.1 Å². The Morgan fingerprint density at radius 1 is 1.04 bits per heavy atom. The molecule has 1 aromatic heterocycles. The molecule has 1 N–H and O–H groups in total. The van der Waals surface area contributed by atoms with Crippen LogP contribution in [0.5, 0.6) is 0 Å². The van der Waals surface area contributed by atoms with Crippen LogP contribution < -0.4 is 5.32 Å². The maximum Gasteiger partial charge on any atom is 0.322 e. The number of nitrogens with zero attached hydrogens (tertiary/aromatic N) is 2. The molecule has 10 heteroatoms. The van der Waals surface area contributed by atoms with Crippen LogP contribution in [0.2, 0.25) is 10.0 Å². The van der Waals surface area contributed by atoms with Gasteiger partial charge in [0.15, 0.2) is 9.84 Å². The molecule has 0 aliphatic rings. The Morgan fingerprint density at radius 2 is 1.75 bits per heavy atom. The highest BCUT2D eigenvalue weighted by Gasteiger charge is 2.17. The van der Waals surface area contributed by atoms with Crippen molar-refractivity contribution in [3.8, 4) is 11.5 Å². The average Bonchev–Trinajstić information content (AvgIpc) is 3.10. The van der Waals surface area contributed by atoms with Gasteiger partial charge >= 0.3 is 6.01 Å². The summed E-state index contributed by atoms with van der Waals surface area (Å²) in [6, 6.07) is 12.7. The van der Waals surface area contributed by atoms with Gasteiger partial charge in [0.2, 0.25) is 5.91 Å². The van der Waals surface area contributed by atoms with Crippen molar-refractivity contribution in [1.29, 1.82) is 0 Å². The molecule has 146 valence electrons. The van der Waals surface area contributed by atoms with Crippen LogP contribution in [0, 0.1) is 0 Å². The second-order valence-electron chi connectivity index (χ2n) is 5.82. The summed E-state index contributed by atoms with van der Waals surface area (Å²) in [7, 11) is -3.49. The molecule has 2 aromatic carbocycles. The second-order valence-corrected chi connectivity index (χ2v) is 8.77. The Balaban J connectivity index is 1.54. The van der Waals surface area contributed by atoms with E-state index in [-0.39, 0.29) is 35.4 Å². The van der Waals surface area contributed by atoms with Gasteiger partial charge in [0.25, 0.3) is 5.89 Å². The first-order chi connectivity index (χ1) is 13.3. The van der Waals surface area contributed by atoms with E-state index in [1.807, 2.05) is 0 Å². The molecule has 0 saturated carbocycles. The molecule has 1 amide bonds. The fourth-order valence-corrected chi connectivity index (χ4v) is 4.03. The highest BCUT2D eigenvalue weighted by Crippen LogP contribution is 2.27. The van der Waals surface area contributed by atoms with Gasteiger partial charge in [-0.15, -0.1) is 5.10 Å². The third kappa shape index (κ3) is 5.09. The normalized spacial score (nSPS) is 11.4. The molecule has 0 radical (unpaired) electrons. The minimum absolute atomic E-state index is 0.0172. The number of hydrogen-bond acceptors (Lipinski definition) is 6. The van der Waals surface area contributed by atoms with Gasteiger partial charge in [-0.25, -0.2) is 8.42 Å². The van der Waals surface area contributed by atoms with Crippen LogP contribution in [0.4, 0.5) is 6.01 Å². The lowest BCUT2D eigenvalue weighted by molar-refractivity contribution is -0.116. The van der Waals surface area contributed by atoms with E-state index in [4.69, 9.17) is 27.6 Å². The number of anilines is 1. The van der Waals surface area contributed by atoms with Crippen molar-refractivity contribution in [1.82, 2.24) is 10.2 Å². The monoisotopic (exact) mass is 439 g/mol. The molecule has 1 heterocycles. The molecule has 0 unspecified atom stereocenters. The van der Waals surface area contributed by atoms with Gasteiger partial charge in [-0.2, -0.15) is 0 Å². The zero-order valence-corrected chi connectivity index (χ0v) is 16.8. The van der Waals surface area contributed by atoms with Gasteiger partial charge in [0.1, 0.15) is 0 Å². The van der Waals surface area contributed by atoms with Gasteiger partial charge in [0, 0.05) is 11.4 Å². The molecule has 0 atom stereocenters. The lowest BCUT2D eigenvalue weighted by atomic mass is 10.2. The van der Waals surface area contributed by atoms with Crippen molar-refractivity contribution in [3.05, 3.63) is 58.6 Å². The van der Waals surface area contributed by atoms with Crippen LogP contribution in [-0.2, 0) is 14.6 Å². The SMILES string of the molecule is O=C(CCCS(=O)(=O)c1ccc(Cl)cc1)Nc1nnc(-c2ccccc2Cl)o1. The van der Waals surface area contributed by atoms with E-state index in [1.54, 1.807) is 24.3 Å². The summed E-state index contributed by atoms with van der Waals surface area (Å²) < 4.78 is 29.9. The maximum atomic E-state index is 12.2. The number of aromatic nitrogens is 2. The van der Waals surface area contributed by atoms with Gasteiger partial charge < -0.3 is 4.42 Å². The predicted octanol–water partition coefficient (Wildman–Crippen LogP) is 4.24. The fraction of sp³-hybridized carbons (Fsp3) is 0.167. The lowest BCUT2D eigenvalue weighted by Gasteiger charge is -2.04. The number of hydrogen-bond donors (Lipinski definition) is 1. The van der Waals surface area contributed by atoms with Crippen LogP contribution in [0.25, 0.3) is 11.5 Å². The number of benzene rings is 2. The summed E-state index contributed by atoms with van der Waals surface area (Å²) >= 11 is 11.8. The number of rotatable bonds is 7. The first-order valence-electron chi connectivity index (χ1n) is 8.22. The van der Waals surface area contributed by atoms with Crippen molar-refractivity contribution in [3.63, 3.8) is 0 Å². The summed E-state index contributed by atoms with van der Waals surface area (Å²) in [6.07, 6.45) is 0.124. The maximum absolute atomic E-state index is 12.2. The summed E-state index contributed by atoms with van der Waals surface area (Å²) in [5.74, 6) is -0.427. The smallest absolute Gasteiger partial charge is 0.322 e. The second kappa shape index (κ2) is 8.72. The predicted molar refractivity (Wildman–Crippen MR) is 106 cm³/mol. The molecule has 0 spiro atoms. The molecule has 28 heavy (non-hydrogen) atoms. The van der Waals surface area contributed by atoms with Crippen LogP contribution in [-0.4, -0.2) is 30.3 Å². The number of carbonyl (C=O) groups is 1. The van der Waals surface area contributed by atoms with E-state index in [9.17, 15) is 13.2 Å². The van der Waals surface area contributed by atoms with Gasteiger partial charge in [-0.1, -0.05) is 40.4 Å². The molecule has 0 aliphatic carbocycles. The molecule has 0 bridgehead atoms. The van der Waals surface area contributed by atoms with Crippen LogP contribution in [0.1, 0.15) is 12.8 Å². The number of carbonyl (C=O) groups excluding carboxylic acids is 1. The van der Waals surface area contributed by atoms with Crippen molar-refractivity contribution in [2.75, 3.05) is 11.1 Å². The molecule has 3 rings (SSSR count). The van der Waals surface area contributed by atoms with E-state index in [2.05, 4.69) is 15.5 Å². The number of halogens is 2. The Hall–Kier alpha value is -2.42. The summed E-state index contributed by atoms with van der Waals surface area (Å²) in [6.45, 7) is 0. The van der Waals surface area contributed by atoms with Gasteiger partial charge in [-0.05, 0) is 42.8 Å². The lowest BCUT2D eigenvalue weighted by Crippen LogP contribution is -2.14. The largest absolute Gasteiger partial charge is 0.403 e. The molecule has 3 aromatic rings. The van der Waals surface area contributed by atoms with Gasteiger partial charge in [0.05, 0.1) is 21.2 Å². The Labute approximate surface area is 171 Å². The number of sulfone groups is 1. The van der Waals surface area contributed by atoms with Crippen LogP contribution >= 0.6 is 23.2 Å². The third-order valence-electron chi connectivity index (χ3n) is 3.77. The zero-order chi connectivity index (χ0) is 20.1. The van der Waals surface area contributed by atoms with Crippen LogP contribution in [0.3, 0.4) is 0 Å². The van der Waals surface area contributed by atoms with E-state index < -0.39 is 15.7 Å². The molecular weight excluding hydrogens is 425 g/mol. The summed E-state index contributed by atoms with van der Waals surface area (Å²) in [4.78, 5) is 12.2. The average molecular weight is 440 g/mol. The summed E-state index contributed by atoms with van der Waals surface area (Å²) in [5.41, 5.74) is 0.547. The Bertz CT molecular complexity index is 1080. The standard InChI is InChI=1S/C18H15Cl2N3O4S/c19-12-7-9-13(10-8-12)28(25,26)11-3-6-16(24)21-18-23-22-17(27-18)14-4-1-2-5-15(14)20/h1-2,4-5,7-10H,3,6,11H2,(H,21,23,24). The van der Waals surface area contributed by atoms with Crippen molar-refractivity contribution >= 4 is 45.0 Å². The zero-order valence-electron chi connectivity index (χ0n) is 14.4. The first-order valence-corrected chi connectivity index (χ1v) is 10.6. The molecule has 0 fully saturated rings. The van der Waals surface area contributed by atoms with Crippen molar-refractivity contribution in [2.45, 2.75) is 17.7 Å². The minimum atomic E-state index is -3.49.